The number of ether oxygens (including phenoxy) is 1. The van der Waals surface area contributed by atoms with Gasteiger partial charge in [-0.15, -0.1) is 0 Å². The van der Waals surface area contributed by atoms with E-state index in [2.05, 4.69) is 15.0 Å². The molecule has 0 saturated heterocycles. The number of methoxy groups -OCH3 is 1. The highest BCUT2D eigenvalue weighted by atomic mass is 16.5. The van der Waals surface area contributed by atoms with E-state index in [9.17, 15) is 4.79 Å². The Labute approximate surface area is 88.7 Å². The van der Waals surface area contributed by atoms with E-state index in [0.717, 1.165) is 18.5 Å². The number of hydrogen-bond acceptors (Lipinski definition) is 4. The van der Waals surface area contributed by atoms with Crippen molar-refractivity contribution in [3.8, 4) is 0 Å². The zero-order chi connectivity index (χ0) is 10.9. The lowest BCUT2D eigenvalue weighted by Gasteiger charge is -2.13. The fraction of sp³-hybridized carbons (Fsp3) is 0.455. The maximum absolute atomic E-state index is 11.2. The highest BCUT2D eigenvalue weighted by Crippen LogP contribution is 2.43. The van der Waals surface area contributed by atoms with E-state index in [-0.39, 0.29) is 11.5 Å². The van der Waals surface area contributed by atoms with E-state index in [1.54, 1.807) is 12.3 Å². The average molecular weight is 206 g/mol. The molecule has 1 aromatic rings. The molecule has 0 aromatic carbocycles. The highest BCUT2D eigenvalue weighted by Gasteiger charge is 2.44. The second-order valence-corrected chi connectivity index (χ2v) is 3.76. The number of nitrogens with zero attached hydrogens (tertiary/aromatic N) is 1. The second-order valence-electron chi connectivity index (χ2n) is 3.76. The molecule has 4 heteroatoms. The summed E-state index contributed by atoms with van der Waals surface area (Å²) in [4.78, 5) is 15.5. The van der Waals surface area contributed by atoms with E-state index < -0.39 is 0 Å². The van der Waals surface area contributed by atoms with Crippen molar-refractivity contribution >= 4 is 5.97 Å². The molecule has 15 heavy (non-hydrogen) atoms. The van der Waals surface area contributed by atoms with Crippen LogP contribution in [0, 0.1) is 0 Å². The number of carbonyl (C=O) groups excluding carboxylic acids is 1. The van der Waals surface area contributed by atoms with Gasteiger partial charge in [0.2, 0.25) is 0 Å². The van der Waals surface area contributed by atoms with Gasteiger partial charge in [0.05, 0.1) is 23.9 Å². The minimum absolute atomic E-state index is 0.0502. The summed E-state index contributed by atoms with van der Waals surface area (Å²) < 4.78 is 4.61. The molecule has 1 saturated carbocycles. The Morgan fingerprint density at radius 1 is 1.53 bits per heavy atom. The van der Waals surface area contributed by atoms with Gasteiger partial charge in [0.1, 0.15) is 0 Å². The summed E-state index contributed by atoms with van der Waals surface area (Å²) in [6.07, 6.45) is 3.78. The van der Waals surface area contributed by atoms with E-state index in [1.807, 2.05) is 13.1 Å². The standard InChI is InChI=1S/C11H14N2O2/c1-12-11(5-6-11)9-4-3-8(7-13-9)10(14)15-2/h3-4,7,12H,5-6H2,1-2H3. The van der Waals surface area contributed by atoms with E-state index >= 15 is 0 Å². The molecule has 80 valence electrons. The van der Waals surface area contributed by atoms with Gasteiger partial charge < -0.3 is 10.1 Å². The van der Waals surface area contributed by atoms with Crippen LogP contribution in [-0.4, -0.2) is 25.1 Å². The number of hydrogen-bond donors (Lipinski definition) is 1. The van der Waals surface area contributed by atoms with Crippen LogP contribution < -0.4 is 5.32 Å². The van der Waals surface area contributed by atoms with Crippen LogP contribution in [0.4, 0.5) is 0 Å². The molecule has 0 bridgehead atoms. The molecule has 0 spiro atoms. The van der Waals surface area contributed by atoms with Crippen molar-refractivity contribution < 1.29 is 9.53 Å². The molecule has 0 atom stereocenters. The molecule has 1 N–H and O–H groups in total. The predicted octanol–water partition coefficient (Wildman–Crippen LogP) is 1.08. The number of pyridine rings is 1. The van der Waals surface area contributed by atoms with Crippen molar-refractivity contribution in [3.63, 3.8) is 0 Å². The minimum Gasteiger partial charge on any atom is -0.465 e. The topological polar surface area (TPSA) is 51.2 Å². The molecule has 2 rings (SSSR count). The first-order valence-corrected chi connectivity index (χ1v) is 4.95. The number of aromatic nitrogens is 1. The number of nitrogens with one attached hydrogen (secondary N) is 1. The third-order valence-corrected chi connectivity index (χ3v) is 2.90. The van der Waals surface area contributed by atoms with Crippen molar-refractivity contribution in [2.45, 2.75) is 18.4 Å². The lowest BCUT2D eigenvalue weighted by Crippen LogP contribution is -2.25. The Balaban J connectivity index is 2.21. The van der Waals surface area contributed by atoms with E-state index in [1.165, 1.54) is 7.11 Å². The fourth-order valence-corrected chi connectivity index (χ4v) is 1.67. The normalized spacial score (nSPS) is 17.2. The van der Waals surface area contributed by atoms with Gasteiger partial charge in [0, 0.05) is 6.20 Å². The van der Waals surface area contributed by atoms with Gasteiger partial charge in [-0.2, -0.15) is 0 Å². The first-order chi connectivity index (χ1) is 7.22. The first kappa shape index (κ1) is 10.1. The van der Waals surface area contributed by atoms with Crippen LogP contribution in [-0.2, 0) is 10.3 Å². The molecule has 0 radical (unpaired) electrons. The summed E-state index contributed by atoms with van der Waals surface area (Å²) in [5, 5.41) is 3.25. The van der Waals surface area contributed by atoms with Gasteiger partial charge in [-0.05, 0) is 32.0 Å². The summed E-state index contributed by atoms with van der Waals surface area (Å²) in [5.74, 6) is -0.344. The maximum Gasteiger partial charge on any atom is 0.339 e. The molecule has 0 aliphatic heterocycles. The molecule has 1 aliphatic rings. The number of rotatable bonds is 3. The zero-order valence-electron chi connectivity index (χ0n) is 8.91. The van der Waals surface area contributed by atoms with Crippen molar-refractivity contribution in [3.05, 3.63) is 29.6 Å². The summed E-state index contributed by atoms with van der Waals surface area (Å²) in [6, 6.07) is 3.64. The molecule has 1 aliphatic carbocycles. The molecule has 1 heterocycles. The largest absolute Gasteiger partial charge is 0.465 e. The Morgan fingerprint density at radius 3 is 2.67 bits per heavy atom. The van der Waals surface area contributed by atoms with Crippen molar-refractivity contribution in [2.75, 3.05) is 14.2 Å². The van der Waals surface area contributed by atoms with Crippen LogP contribution in [0.1, 0.15) is 28.9 Å². The van der Waals surface area contributed by atoms with Crippen molar-refractivity contribution in [1.82, 2.24) is 10.3 Å². The molecular weight excluding hydrogens is 192 g/mol. The average Bonchev–Trinajstić information content (AvgIpc) is 3.09. The van der Waals surface area contributed by atoms with Crippen molar-refractivity contribution in [1.29, 1.82) is 0 Å². The SMILES string of the molecule is CNC1(c2ccc(C(=O)OC)cn2)CC1. The molecule has 0 amide bonds. The summed E-state index contributed by atoms with van der Waals surface area (Å²) in [7, 11) is 3.30. The quantitative estimate of drug-likeness (QED) is 0.752. The molecule has 4 nitrogen and oxygen atoms in total. The van der Waals surface area contributed by atoms with Crippen LogP contribution in [0.3, 0.4) is 0 Å². The monoisotopic (exact) mass is 206 g/mol. The van der Waals surface area contributed by atoms with Gasteiger partial charge in [-0.3, -0.25) is 4.98 Å². The van der Waals surface area contributed by atoms with Gasteiger partial charge in [-0.25, -0.2) is 4.79 Å². The van der Waals surface area contributed by atoms with Crippen molar-refractivity contribution in [2.24, 2.45) is 0 Å². The minimum atomic E-state index is -0.344. The van der Waals surface area contributed by atoms with Crippen LogP contribution in [0.2, 0.25) is 0 Å². The van der Waals surface area contributed by atoms with Crippen LogP contribution >= 0.6 is 0 Å². The van der Waals surface area contributed by atoms with E-state index in [4.69, 9.17) is 0 Å². The molecule has 1 aromatic heterocycles. The zero-order valence-corrected chi connectivity index (χ0v) is 8.91. The Hall–Kier alpha value is -1.42. The second kappa shape index (κ2) is 3.62. The van der Waals surface area contributed by atoms with Crippen LogP contribution in [0.25, 0.3) is 0 Å². The Bertz CT molecular complexity index is 369. The lowest BCUT2D eigenvalue weighted by atomic mass is 10.1. The summed E-state index contributed by atoms with van der Waals surface area (Å²) in [5.41, 5.74) is 1.54. The first-order valence-electron chi connectivity index (χ1n) is 4.95. The van der Waals surface area contributed by atoms with Gasteiger partial charge in [0.25, 0.3) is 0 Å². The lowest BCUT2D eigenvalue weighted by molar-refractivity contribution is 0.0600. The van der Waals surface area contributed by atoms with Crippen LogP contribution in [0.5, 0.6) is 0 Å². The highest BCUT2D eigenvalue weighted by molar-refractivity contribution is 5.88. The Kier molecular flexibility index (Phi) is 2.44. The molecule has 1 fully saturated rings. The van der Waals surface area contributed by atoms with Gasteiger partial charge >= 0.3 is 5.97 Å². The van der Waals surface area contributed by atoms with E-state index in [0.29, 0.717) is 5.56 Å². The predicted molar refractivity (Wildman–Crippen MR) is 55.5 cm³/mol. The van der Waals surface area contributed by atoms with Gasteiger partial charge in [0.15, 0.2) is 0 Å². The molecular formula is C11H14N2O2. The third-order valence-electron chi connectivity index (χ3n) is 2.90. The Morgan fingerprint density at radius 2 is 2.27 bits per heavy atom. The number of esters is 1. The maximum atomic E-state index is 11.2. The van der Waals surface area contributed by atoms with Gasteiger partial charge in [-0.1, -0.05) is 0 Å². The molecule has 0 unspecified atom stereocenters. The summed E-state index contributed by atoms with van der Waals surface area (Å²) >= 11 is 0. The van der Waals surface area contributed by atoms with Crippen LogP contribution in [0.15, 0.2) is 18.3 Å². The smallest absolute Gasteiger partial charge is 0.339 e. The number of carbonyl (C=O) groups is 1. The fourth-order valence-electron chi connectivity index (χ4n) is 1.67. The summed E-state index contributed by atoms with van der Waals surface area (Å²) in [6.45, 7) is 0. The third kappa shape index (κ3) is 1.72.